The van der Waals surface area contributed by atoms with Crippen molar-refractivity contribution >= 4 is 0 Å². The van der Waals surface area contributed by atoms with Crippen LogP contribution in [0.2, 0.25) is 0 Å². The van der Waals surface area contributed by atoms with Gasteiger partial charge in [-0.25, -0.2) is 0 Å². The highest BCUT2D eigenvalue weighted by Gasteiger charge is 2.23. The summed E-state index contributed by atoms with van der Waals surface area (Å²) in [7, 11) is 0. The zero-order valence-electron chi connectivity index (χ0n) is 10.2. The van der Waals surface area contributed by atoms with Gasteiger partial charge >= 0.3 is 0 Å². The molecular formula is C12H26N2. The Labute approximate surface area is 89.1 Å². The zero-order valence-corrected chi connectivity index (χ0v) is 10.2. The Morgan fingerprint density at radius 1 is 1.29 bits per heavy atom. The largest absolute Gasteiger partial charge is 0.315 e. The smallest absolute Gasteiger partial charge is 0.0243 e. The highest BCUT2D eigenvalue weighted by molar-refractivity contribution is 4.80. The lowest BCUT2D eigenvalue weighted by Crippen LogP contribution is -2.44. The van der Waals surface area contributed by atoms with E-state index in [4.69, 9.17) is 0 Å². The van der Waals surface area contributed by atoms with Crippen molar-refractivity contribution in [2.75, 3.05) is 26.2 Å². The van der Waals surface area contributed by atoms with Crippen LogP contribution in [0.4, 0.5) is 0 Å². The van der Waals surface area contributed by atoms with Crippen LogP contribution in [0.1, 0.15) is 34.1 Å². The fourth-order valence-corrected chi connectivity index (χ4v) is 2.31. The topological polar surface area (TPSA) is 15.3 Å². The molecule has 14 heavy (non-hydrogen) atoms. The average molecular weight is 198 g/mol. The highest BCUT2D eigenvalue weighted by atomic mass is 15.2. The molecule has 1 unspecified atom stereocenters. The van der Waals surface area contributed by atoms with E-state index < -0.39 is 0 Å². The van der Waals surface area contributed by atoms with Gasteiger partial charge in [0.2, 0.25) is 0 Å². The molecule has 0 radical (unpaired) electrons. The number of nitrogens with one attached hydrogen (secondary N) is 1. The van der Waals surface area contributed by atoms with E-state index >= 15 is 0 Å². The Morgan fingerprint density at radius 3 is 2.57 bits per heavy atom. The molecule has 2 nitrogen and oxygen atoms in total. The molecule has 0 aromatic carbocycles. The first-order chi connectivity index (χ1) is 6.61. The molecule has 2 heteroatoms. The summed E-state index contributed by atoms with van der Waals surface area (Å²) in [5, 5.41) is 3.54. The van der Waals surface area contributed by atoms with E-state index in [0.717, 1.165) is 17.9 Å². The van der Waals surface area contributed by atoms with Gasteiger partial charge in [0.25, 0.3) is 0 Å². The Balaban J connectivity index is 2.54. The molecule has 1 atom stereocenters. The SMILES string of the molecule is CC(C)CN1CCCNCC1C(C)C. The molecular weight excluding hydrogens is 172 g/mol. The van der Waals surface area contributed by atoms with Gasteiger partial charge in [-0.2, -0.15) is 0 Å². The summed E-state index contributed by atoms with van der Waals surface area (Å²) < 4.78 is 0. The minimum Gasteiger partial charge on any atom is -0.315 e. The molecule has 1 heterocycles. The van der Waals surface area contributed by atoms with Crippen LogP contribution in [0.15, 0.2) is 0 Å². The van der Waals surface area contributed by atoms with Crippen molar-refractivity contribution < 1.29 is 0 Å². The Hall–Kier alpha value is -0.0800. The number of hydrogen-bond acceptors (Lipinski definition) is 2. The van der Waals surface area contributed by atoms with Gasteiger partial charge in [0.1, 0.15) is 0 Å². The zero-order chi connectivity index (χ0) is 10.6. The second kappa shape index (κ2) is 5.72. The van der Waals surface area contributed by atoms with Gasteiger partial charge in [-0.15, -0.1) is 0 Å². The van der Waals surface area contributed by atoms with Crippen LogP contribution in [0.3, 0.4) is 0 Å². The number of nitrogens with zero attached hydrogens (tertiary/aromatic N) is 1. The lowest BCUT2D eigenvalue weighted by atomic mass is 10.0. The van der Waals surface area contributed by atoms with Crippen molar-refractivity contribution in [3.63, 3.8) is 0 Å². The van der Waals surface area contributed by atoms with Crippen molar-refractivity contribution in [3.8, 4) is 0 Å². The van der Waals surface area contributed by atoms with Crippen LogP contribution in [0, 0.1) is 11.8 Å². The van der Waals surface area contributed by atoms with Crippen LogP contribution in [0.5, 0.6) is 0 Å². The molecule has 1 N–H and O–H groups in total. The molecule has 1 aliphatic heterocycles. The van der Waals surface area contributed by atoms with E-state index in [1.807, 2.05) is 0 Å². The summed E-state index contributed by atoms with van der Waals surface area (Å²) >= 11 is 0. The molecule has 0 aromatic rings. The maximum atomic E-state index is 3.54. The monoisotopic (exact) mass is 198 g/mol. The van der Waals surface area contributed by atoms with Gasteiger partial charge in [-0.05, 0) is 31.3 Å². The maximum absolute atomic E-state index is 3.54. The molecule has 1 fully saturated rings. The Kier molecular flexibility index (Phi) is 4.90. The number of rotatable bonds is 3. The molecule has 0 amide bonds. The van der Waals surface area contributed by atoms with Gasteiger partial charge < -0.3 is 5.32 Å². The molecule has 0 spiro atoms. The van der Waals surface area contributed by atoms with Crippen LogP contribution in [-0.4, -0.2) is 37.1 Å². The third kappa shape index (κ3) is 3.58. The summed E-state index contributed by atoms with van der Waals surface area (Å²) in [6.07, 6.45) is 1.30. The maximum Gasteiger partial charge on any atom is 0.0243 e. The molecule has 1 saturated heterocycles. The summed E-state index contributed by atoms with van der Waals surface area (Å²) in [4.78, 5) is 2.68. The molecule has 84 valence electrons. The predicted octanol–water partition coefficient (Wildman–Crippen LogP) is 1.96. The van der Waals surface area contributed by atoms with E-state index in [0.29, 0.717) is 0 Å². The van der Waals surface area contributed by atoms with E-state index in [9.17, 15) is 0 Å². The quantitative estimate of drug-likeness (QED) is 0.746. The number of hydrogen-bond donors (Lipinski definition) is 1. The van der Waals surface area contributed by atoms with E-state index in [1.54, 1.807) is 0 Å². The average Bonchev–Trinajstić information content (AvgIpc) is 2.28. The molecule has 1 rings (SSSR count). The highest BCUT2D eigenvalue weighted by Crippen LogP contribution is 2.14. The lowest BCUT2D eigenvalue weighted by molar-refractivity contribution is 0.149. The first-order valence-corrected chi connectivity index (χ1v) is 6.06. The minimum absolute atomic E-state index is 0.736. The van der Waals surface area contributed by atoms with Gasteiger partial charge in [0.15, 0.2) is 0 Å². The van der Waals surface area contributed by atoms with Crippen LogP contribution < -0.4 is 5.32 Å². The molecule has 0 bridgehead atoms. The Bertz CT molecular complexity index is 154. The van der Waals surface area contributed by atoms with Crippen molar-refractivity contribution in [3.05, 3.63) is 0 Å². The van der Waals surface area contributed by atoms with Crippen molar-refractivity contribution in [1.29, 1.82) is 0 Å². The standard InChI is InChI=1S/C12H26N2/c1-10(2)9-14-7-5-6-13-8-12(14)11(3)4/h10-13H,5-9H2,1-4H3. The second-order valence-electron chi connectivity index (χ2n) is 5.26. The van der Waals surface area contributed by atoms with Crippen LogP contribution in [-0.2, 0) is 0 Å². The summed E-state index contributed by atoms with van der Waals surface area (Å²) in [6.45, 7) is 14.2. The van der Waals surface area contributed by atoms with Gasteiger partial charge in [0.05, 0.1) is 0 Å². The summed E-state index contributed by atoms with van der Waals surface area (Å²) in [5.74, 6) is 1.55. The fourth-order valence-electron chi connectivity index (χ4n) is 2.31. The molecule has 0 aromatic heterocycles. The van der Waals surface area contributed by atoms with E-state index in [-0.39, 0.29) is 0 Å². The molecule has 0 saturated carbocycles. The lowest BCUT2D eigenvalue weighted by Gasteiger charge is -2.33. The minimum atomic E-state index is 0.736. The normalized spacial score (nSPS) is 25.7. The summed E-state index contributed by atoms with van der Waals surface area (Å²) in [6, 6.07) is 0.736. The van der Waals surface area contributed by atoms with Gasteiger partial charge in [0, 0.05) is 19.1 Å². The van der Waals surface area contributed by atoms with Crippen molar-refractivity contribution in [2.45, 2.75) is 40.2 Å². The Morgan fingerprint density at radius 2 is 2.00 bits per heavy atom. The molecule has 0 aliphatic carbocycles. The van der Waals surface area contributed by atoms with E-state index in [1.165, 1.54) is 32.6 Å². The first kappa shape index (κ1) is 12.0. The van der Waals surface area contributed by atoms with Crippen LogP contribution in [0.25, 0.3) is 0 Å². The van der Waals surface area contributed by atoms with Crippen molar-refractivity contribution in [1.82, 2.24) is 10.2 Å². The third-order valence-electron chi connectivity index (χ3n) is 2.99. The second-order valence-corrected chi connectivity index (χ2v) is 5.26. The molecule has 1 aliphatic rings. The van der Waals surface area contributed by atoms with Gasteiger partial charge in [-0.1, -0.05) is 27.7 Å². The summed E-state index contributed by atoms with van der Waals surface area (Å²) in [5.41, 5.74) is 0. The fraction of sp³-hybridized carbons (Fsp3) is 1.00. The third-order valence-corrected chi connectivity index (χ3v) is 2.99. The predicted molar refractivity (Wildman–Crippen MR) is 62.5 cm³/mol. The van der Waals surface area contributed by atoms with Crippen molar-refractivity contribution in [2.24, 2.45) is 11.8 Å². The first-order valence-electron chi connectivity index (χ1n) is 6.06. The van der Waals surface area contributed by atoms with E-state index in [2.05, 4.69) is 37.9 Å². The van der Waals surface area contributed by atoms with Crippen LogP contribution >= 0.6 is 0 Å². The van der Waals surface area contributed by atoms with Gasteiger partial charge in [-0.3, -0.25) is 4.90 Å².